The van der Waals surface area contributed by atoms with Crippen LogP contribution in [0, 0.1) is 0 Å². The van der Waals surface area contributed by atoms with E-state index in [-0.39, 0.29) is 42.3 Å². The highest BCUT2D eigenvalue weighted by Gasteiger charge is 2.55. The van der Waals surface area contributed by atoms with Crippen LogP contribution in [0.3, 0.4) is 0 Å². The second-order valence-electron chi connectivity index (χ2n) is 26.2. The lowest BCUT2D eigenvalue weighted by Crippen LogP contribution is -2.49. The minimum absolute atomic E-state index is 0.0373. The van der Waals surface area contributed by atoms with Crippen LogP contribution in [0.15, 0.2) is 148 Å². The summed E-state index contributed by atoms with van der Waals surface area (Å²) in [6.07, 6.45) is 12.6. The Labute approximate surface area is 575 Å². The van der Waals surface area contributed by atoms with Gasteiger partial charge in [0.25, 0.3) is 17.7 Å². The normalized spacial score (nSPS) is 17.0. The molecule has 6 aromatic rings. The Morgan fingerprint density at radius 1 is 0.490 bits per heavy atom. The van der Waals surface area contributed by atoms with E-state index in [0.29, 0.717) is 66.9 Å². The van der Waals surface area contributed by atoms with Crippen molar-refractivity contribution in [1.29, 1.82) is 0 Å². The van der Waals surface area contributed by atoms with Crippen LogP contribution in [0.5, 0.6) is 0 Å². The molecule has 20 nitrogen and oxygen atoms in total. The fraction of sp³-hybridized carbons (Fsp3) is 0.397. The molecule has 6 aromatic carbocycles. The maximum Gasteiger partial charge on any atom is 0.410 e. The molecule has 1 unspecified atom stereocenters. The summed E-state index contributed by atoms with van der Waals surface area (Å²) in [5.41, 5.74) is 31.9. The number of fused-ring (bicyclic) bond motifs is 3. The molecule has 6 N–H and O–H groups in total. The molecule has 1 spiro atoms. The minimum Gasteiger partial charge on any atom is -0.450 e. The Balaban J connectivity index is 0.000000149. The Hall–Kier alpha value is -10.1. The Morgan fingerprint density at radius 2 is 0.929 bits per heavy atom. The molecule has 1 atom stereocenters. The topological polar surface area (TPSA) is 255 Å². The lowest BCUT2D eigenvalue weighted by Gasteiger charge is -2.29. The Kier molecular flexibility index (Phi) is 22.2. The zero-order valence-electron chi connectivity index (χ0n) is 57.3. The average molecular weight is 1330 g/mol. The summed E-state index contributed by atoms with van der Waals surface area (Å²) in [4.78, 5) is 101. The molecule has 1 aliphatic carbocycles. The van der Waals surface area contributed by atoms with E-state index in [1.54, 1.807) is 23.6 Å². The van der Waals surface area contributed by atoms with Gasteiger partial charge in [0.05, 0.1) is 49.9 Å². The van der Waals surface area contributed by atoms with E-state index in [0.717, 1.165) is 183 Å². The highest BCUT2D eigenvalue weighted by atomic mass is 16.6. The molecular formula is C78H92N12O8. The van der Waals surface area contributed by atoms with E-state index in [9.17, 15) is 28.8 Å². The molecule has 512 valence electrons. The molecule has 4 fully saturated rings. The molecule has 0 aromatic heterocycles. The number of piperidine rings is 1. The van der Waals surface area contributed by atoms with E-state index in [1.165, 1.54) is 6.42 Å². The number of aliphatic imine (C=N–C) groups is 3. The molecule has 0 bridgehead atoms. The number of ether oxygens (including phenoxy) is 2. The van der Waals surface area contributed by atoms with E-state index >= 15 is 0 Å². The maximum atomic E-state index is 13.4. The van der Waals surface area contributed by atoms with Crippen molar-refractivity contribution in [2.75, 3.05) is 65.6 Å². The fourth-order valence-electron chi connectivity index (χ4n) is 13.5. The summed E-state index contributed by atoms with van der Waals surface area (Å²) in [5.74, 6) is 1.62. The number of benzene rings is 6. The van der Waals surface area contributed by atoms with Gasteiger partial charge in [0, 0.05) is 86.1 Å². The SMILES string of the molecule is CCCN(C(=O)C1=Cc2ccc(-c3ccc(C(=O)N4CCCCC4)cc3)cc2N=C(N)C1)C(C)CC.CCOC(=O)N1CC(N)=Nc2ccc(-c3ccc(C(=O)N4CCCC4)cc3)cc2C1.CCOC(=O)N1Cc2cc(-c3ccc(C(=O)N4CCCC4)cc3)ccc2N=C(N)C12CC2. The van der Waals surface area contributed by atoms with Crippen LogP contribution < -0.4 is 17.2 Å². The molecule has 6 heterocycles. The van der Waals surface area contributed by atoms with Gasteiger partial charge in [-0.1, -0.05) is 74.5 Å². The van der Waals surface area contributed by atoms with E-state index in [4.69, 9.17) is 26.7 Å². The first-order chi connectivity index (χ1) is 47.5. The predicted molar refractivity (Wildman–Crippen MR) is 386 cm³/mol. The summed E-state index contributed by atoms with van der Waals surface area (Å²) in [6.45, 7) is 17.3. The number of carbonyl (C=O) groups excluding carboxylic acids is 6. The summed E-state index contributed by atoms with van der Waals surface area (Å²) < 4.78 is 10.4. The summed E-state index contributed by atoms with van der Waals surface area (Å²) in [6, 6.07) is 41.3. The number of carbonyl (C=O) groups is 6. The van der Waals surface area contributed by atoms with Gasteiger partial charge in [-0.3, -0.25) is 29.0 Å². The number of amides is 6. The van der Waals surface area contributed by atoms with Gasteiger partial charge in [0.15, 0.2) is 0 Å². The van der Waals surface area contributed by atoms with Crippen LogP contribution >= 0.6 is 0 Å². The van der Waals surface area contributed by atoms with Crippen molar-refractivity contribution in [1.82, 2.24) is 29.4 Å². The summed E-state index contributed by atoms with van der Waals surface area (Å²) in [7, 11) is 0. The van der Waals surface area contributed by atoms with E-state index in [2.05, 4.69) is 41.8 Å². The van der Waals surface area contributed by atoms with Crippen molar-refractivity contribution in [3.63, 3.8) is 0 Å². The standard InChI is InChI=1S/C30H38N4O2.C25H28N4O3.C23H26N4O3/c1-4-15-34(21(3)5-2)30(36)26-18-25-14-13-24(19-27(25)32-28(31)20-26)22-9-11-23(12-10-22)29(35)33-16-7-6-8-17-33;1-2-32-24(31)29-16-20-15-19(9-10-21(20)27-23(26)25(29)11-12-25)17-5-7-18(8-6-17)22(30)28-13-3-4-14-28;1-2-30-23(29)27-14-19-13-18(9-10-20(19)25-21(24)15-27)16-5-7-17(8-6-16)22(28)26-11-3-4-12-26/h9-14,18-19,21H,4-8,15-17,20H2,1-3H3,(H2,31,32);5-10,15H,2-4,11-14,16H2,1H3,(H2,26,27);5-10,13H,2-4,11-12,14-15H2,1H3,(H2,24,25). The highest BCUT2D eigenvalue weighted by Crippen LogP contribution is 2.47. The Morgan fingerprint density at radius 3 is 1.41 bits per heavy atom. The number of nitrogens with zero attached hydrogens (tertiary/aromatic N) is 9. The summed E-state index contributed by atoms with van der Waals surface area (Å²) in [5, 5.41) is 0. The predicted octanol–water partition coefficient (Wildman–Crippen LogP) is 13.4. The highest BCUT2D eigenvalue weighted by molar-refractivity contribution is 6.06. The Bertz CT molecular complexity index is 4050. The first-order valence-electron chi connectivity index (χ1n) is 34.9. The first-order valence-corrected chi connectivity index (χ1v) is 34.9. The molecule has 98 heavy (non-hydrogen) atoms. The quantitative estimate of drug-likeness (QED) is 0.0980. The summed E-state index contributed by atoms with van der Waals surface area (Å²) >= 11 is 0. The molecule has 1 saturated carbocycles. The number of nitrogens with two attached hydrogens (primary N) is 3. The molecule has 6 aliphatic heterocycles. The van der Waals surface area contributed by atoms with Crippen LogP contribution in [0.4, 0.5) is 26.7 Å². The minimum atomic E-state index is -0.525. The second kappa shape index (κ2) is 31.4. The molecular weight excluding hydrogens is 1230 g/mol. The van der Waals surface area contributed by atoms with Crippen molar-refractivity contribution in [3.8, 4) is 33.4 Å². The molecule has 7 aliphatic rings. The van der Waals surface area contributed by atoms with Crippen LogP contribution in [-0.2, 0) is 27.4 Å². The number of likely N-dealkylation sites (tertiary alicyclic amines) is 3. The second-order valence-corrected chi connectivity index (χ2v) is 26.2. The third kappa shape index (κ3) is 16.0. The van der Waals surface area contributed by atoms with Crippen molar-refractivity contribution < 1.29 is 38.2 Å². The number of rotatable bonds is 13. The average Bonchev–Trinajstić information content (AvgIpc) is 1.58. The number of hydrogen-bond acceptors (Lipinski definition) is 14. The van der Waals surface area contributed by atoms with Gasteiger partial charge < -0.3 is 46.3 Å². The smallest absolute Gasteiger partial charge is 0.410 e. The van der Waals surface area contributed by atoms with Gasteiger partial charge in [-0.05, 0) is 209 Å². The third-order valence-corrected chi connectivity index (χ3v) is 19.4. The van der Waals surface area contributed by atoms with Crippen molar-refractivity contribution >= 4 is 76.5 Å². The third-order valence-electron chi connectivity index (χ3n) is 19.4. The fourth-order valence-corrected chi connectivity index (χ4v) is 13.5. The van der Waals surface area contributed by atoms with Crippen LogP contribution in [0.2, 0.25) is 0 Å². The van der Waals surface area contributed by atoms with Gasteiger partial charge in [-0.25, -0.2) is 24.6 Å². The number of hydrogen-bond donors (Lipinski definition) is 3. The lowest BCUT2D eigenvalue weighted by molar-refractivity contribution is -0.129. The number of amidine groups is 3. The zero-order chi connectivity index (χ0) is 69.0. The van der Waals surface area contributed by atoms with Gasteiger partial charge in [-0.2, -0.15) is 0 Å². The molecule has 3 saturated heterocycles. The first kappa shape index (κ1) is 69.2. The van der Waals surface area contributed by atoms with Crippen molar-refractivity contribution in [3.05, 3.63) is 166 Å². The van der Waals surface area contributed by atoms with Gasteiger partial charge in [0.1, 0.15) is 23.0 Å². The lowest BCUT2D eigenvalue weighted by atomic mass is 9.99. The van der Waals surface area contributed by atoms with Crippen LogP contribution in [-0.4, -0.2) is 160 Å². The monoisotopic (exact) mass is 1320 g/mol. The largest absolute Gasteiger partial charge is 0.450 e. The molecule has 13 rings (SSSR count). The van der Waals surface area contributed by atoms with Crippen LogP contribution in [0.1, 0.15) is 159 Å². The van der Waals surface area contributed by atoms with Gasteiger partial charge in [0.2, 0.25) is 5.91 Å². The zero-order valence-corrected chi connectivity index (χ0v) is 57.3. The van der Waals surface area contributed by atoms with Crippen molar-refractivity contribution in [2.24, 2.45) is 32.2 Å². The van der Waals surface area contributed by atoms with E-state index < -0.39 is 11.6 Å². The van der Waals surface area contributed by atoms with E-state index in [1.807, 2.05) is 147 Å². The van der Waals surface area contributed by atoms with Crippen molar-refractivity contribution in [2.45, 2.75) is 136 Å². The van der Waals surface area contributed by atoms with Gasteiger partial charge >= 0.3 is 12.2 Å². The van der Waals surface area contributed by atoms with Gasteiger partial charge in [-0.15, -0.1) is 0 Å². The molecule has 6 amide bonds. The van der Waals surface area contributed by atoms with Crippen LogP contribution in [0.25, 0.3) is 39.5 Å². The maximum absolute atomic E-state index is 13.4. The molecule has 20 heteroatoms. The molecule has 0 radical (unpaired) electrons.